The Bertz CT molecular complexity index is 777. The molecule has 0 unspecified atom stereocenters. The molecule has 1 aromatic heterocycles. The highest BCUT2D eigenvalue weighted by Crippen LogP contribution is 2.36. The minimum absolute atomic E-state index is 0.260. The summed E-state index contributed by atoms with van der Waals surface area (Å²) in [6, 6.07) is 5.68. The lowest BCUT2D eigenvalue weighted by Gasteiger charge is -2.32. The van der Waals surface area contributed by atoms with Crippen LogP contribution in [-0.2, 0) is 9.31 Å². The van der Waals surface area contributed by atoms with Gasteiger partial charge in [-0.05, 0) is 52.2 Å². The summed E-state index contributed by atoms with van der Waals surface area (Å²) in [7, 11) is -0.470. The Morgan fingerprint density at radius 1 is 1.08 bits per heavy atom. The van der Waals surface area contributed by atoms with Crippen LogP contribution >= 0.6 is 0 Å². The van der Waals surface area contributed by atoms with Gasteiger partial charge in [0.15, 0.2) is 0 Å². The Kier molecular flexibility index (Phi) is 4.39. The van der Waals surface area contributed by atoms with Gasteiger partial charge in [-0.25, -0.2) is 9.97 Å². The topological polar surface area (TPSA) is 73.3 Å². The standard InChI is InChI=1S/C18H22BN3O3/c1-12-6-7-14(22-16(23)13-9-20-11-21-10-13)8-15(12)19-24-17(2,3)18(4,5)25-19/h6-11H,1-5H3,(H,22,23). The number of nitrogens with one attached hydrogen (secondary N) is 1. The van der Waals surface area contributed by atoms with Gasteiger partial charge in [-0.2, -0.15) is 0 Å². The van der Waals surface area contributed by atoms with Gasteiger partial charge >= 0.3 is 7.12 Å². The van der Waals surface area contributed by atoms with Gasteiger partial charge in [0.25, 0.3) is 5.91 Å². The molecule has 0 atom stereocenters. The number of hydrogen-bond donors (Lipinski definition) is 1. The monoisotopic (exact) mass is 339 g/mol. The Labute approximate surface area is 148 Å². The van der Waals surface area contributed by atoms with Gasteiger partial charge in [0.1, 0.15) is 6.33 Å². The molecule has 1 aliphatic heterocycles. The van der Waals surface area contributed by atoms with E-state index >= 15 is 0 Å². The molecule has 0 spiro atoms. The number of aryl methyl sites for hydroxylation is 1. The van der Waals surface area contributed by atoms with Gasteiger partial charge in [-0.1, -0.05) is 11.6 Å². The fourth-order valence-corrected chi connectivity index (χ4v) is 2.56. The molecule has 130 valence electrons. The third-order valence-corrected chi connectivity index (χ3v) is 4.87. The molecule has 3 rings (SSSR count). The van der Waals surface area contributed by atoms with Crippen molar-refractivity contribution >= 4 is 24.2 Å². The van der Waals surface area contributed by atoms with Crippen molar-refractivity contribution < 1.29 is 14.1 Å². The van der Waals surface area contributed by atoms with Crippen molar-refractivity contribution in [1.82, 2.24) is 9.97 Å². The summed E-state index contributed by atoms with van der Waals surface area (Å²) in [4.78, 5) is 20.0. The van der Waals surface area contributed by atoms with E-state index in [0.717, 1.165) is 11.0 Å². The van der Waals surface area contributed by atoms with Crippen molar-refractivity contribution in [1.29, 1.82) is 0 Å². The molecule has 1 N–H and O–H groups in total. The molecule has 0 saturated carbocycles. The number of hydrogen-bond acceptors (Lipinski definition) is 5. The van der Waals surface area contributed by atoms with E-state index in [4.69, 9.17) is 9.31 Å². The largest absolute Gasteiger partial charge is 0.495 e. The molecule has 25 heavy (non-hydrogen) atoms. The maximum Gasteiger partial charge on any atom is 0.495 e. The number of rotatable bonds is 3. The summed E-state index contributed by atoms with van der Waals surface area (Å²) in [5.41, 5.74) is 2.19. The summed E-state index contributed by atoms with van der Waals surface area (Å²) < 4.78 is 12.2. The maximum absolute atomic E-state index is 12.3. The van der Waals surface area contributed by atoms with Crippen LogP contribution in [0.15, 0.2) is 36.9 Å². The normalized spacial score (nSPS) is 18.2. The molecular weight excluding hydrogens is 317 g/mol. The summed E-state index contributed by atoms with van der Waals surface area (Å²) in [6.45, 7) is 10.1. The van der Waals surface area contributed by atoms with Crippen LogP contribution in [0.5, 0.6) is 0 Å². The smallest absolute Gasteiger partial charge is 0.399 e. The van der Waals surface area contributed by atoms with Gasteiger partial charge in [-0.15, -0.1) is 0 Å². The average Bonchev–Trinajstić information content (AvgIpc) is 2.78. The Morgan fingerprint density at radius 3 is 2.28 bits per heavy atom. The molecule has 0 bridgehead atoms. The van der Waals surface area contributed by atoms with E-state index in [2.05, 4.69) is 15.3 Å². The van der Waals surface area contributed by atoms with Gasteiger partial charge in [0.2, 0.25) is 0 Å². The predicted molar refractivity (Wildman–Crippen MR) is 96.9 cm³/mol. The zero-order valence-electron chi connectivity index (χ0n) is 15.2. The zero-order chi connectivity index (χ0) is 18.2. The predicted octanol–water partition coefficient (Wildman–Crippen LogP) is 2.34. The fraction of sp³-hybridized carbons (Fsp3) is 0.389. The molecule has 1 fully saturated rings. The molecular formula is C18H22BN3O3. The fourth-order valence-electron chi connectivity index (χ4n) is 2.56. The Hall–Kier alpha value is -2.25. The first kappa shape index (κ1) is 17.6. The van der Waals surface area contributed by atoms with Crippen molar-refractivity contribution in [2.45, 2.75) is 45.8 Å². The van der Waals surface area contributed by atoms with Crippen LogP contribution in [0.25, 0.3) is 0 Å². The number of anilines is 1. The number of carbonyl (C=O) groups is 1. The van der Waals surface area contributed by atoms with E-state index in [0.29, 0.717) is 11.3 Å². The molecule has 7 heteroatoms. The first-order valence-electron chi connectivity index (χ1n) is 8.22. The second-order valence-electron chi connectivity index (χ2n) is 7.24. The Morgan fingerprint density at radius 2 is 1.68 bits per heavy atom. The molecule has 1 amide bonds. The van der Waals surface area contributed by atoms with Crippen molar-refractivity contribution in [2.24, 2.45) is 0 Å². The summed E-state index contributed by atoms with van der Waals surface area (Å²) in [5.74, 6) is -0.260. The molecule has 6 nitrogen and oxygen atoms in total. The number of aromatic nitrogens is 2. The van der Waals surface area contributed by atoms with Crippen LogP contribution in [0, 0.1) is 6.92 Å². The number of benzene rings is 1. The van der Waals surface area contributed by atoms with Crippen molar-refractivity contribution in [2.75, 3.05) is 5.32 Å². The second kappa shape index (κ2) is 6.24. The average molecular weight is 339 g/mol. The first-order chi connectivity index (χ1) is 11.7. The molecule has 0 radical (unpaired) electrons. The van der Waals surface area contributed by atoms with E-state index in [1.54, 1.807) is 0 Å². The van der Waals surface area contributed by atoms with Crippen LogP contribution in [0.1, 0.15) is 43.6 Å². The highest BCUT2D eigenvalue weighted by Gasteiger charge is 2.52. The third kappa shape index (κ3) is 3.43. The maximum atomic E-state index is 12.3. The van der Waals surface area contributed by atoms with Crippen LogP contribution in [-0.4, -0.2) is 34.2 Å². The van der Waals surface area contributed by atoms with Crippen molar-refractivity contribution in [3.63, 3.8) is 0 Å². The molecule has 1 saturated heterocycles. The minimum atomic E-state index is -0.470. The lowest BCUT2D eigenvalue weighted by Crippen LogP contribution is -2.41. The number of nitrogens with zero attached hydrogens (tertiary/aromatic N) is 2. The SMILES string of the molecule is Cc1ccc(NC(=O)c2cncnc2)cc1B1OC(C)(C)C(C)(C)O1. The van der Waals surface area contributed by atoms with Crippen LogP contribution in [0.3, 0.4) is 0 Å². The molecule has 2 heterocycles. The van der Waals surface area contributed by atoms with E-state index in [1.165, 1.54) is 18.7 Å². The third-order valence-electron chi connectivity index (χ3n) is 4.87. The van der Waals surface area contributed by atoms with Crippen molar-refractivity contribution in [3.8, 4) is 0 Å². The highest BCUT2D eigenvalue weighted by atomic mass is 16.7. The molecule has 0 aliphatic carbocycles. The van der Waals surface area contributed by atoms with Gasteiger partial charge in [0.05, 0.1) is 16.8 Å². The number of carbonyl (C=O) groups excluding carboxylic acids is 1. The van der Waals surface area contributed by atoms with Gasteiger partial charge in [0, 0.05) is 18.1 Å². The Balaban J connectivity index is 1.83. The van der Waals surface area contributed by atoms with Crippen LogP contribution in [0.4, 0.5) is 5.69 Å². The van der Waals surface area contributed by atoms with Gasteiger partial charge in [-0.3, -0.25) is 4.79 Å². The minimum Gasteiger partial charge on any atom is -0.399 e. The van der Waals surface area contributed by atoms with E-state index in [9.17, 15) is 4.79 Å². The highest BCUT2D eigenvalue weighted by molar-refractivity contribution is 6.62. The van der Waals surface area contributed by atoms with Crippen LogP contribution in [0.2, 0.25) is 0 Å². The summed E-state index contributed by atoms with van der Waals surface area (Å²) >= 11 is 0. The van der Waals surface area contributed by atoms with E-state index in [-0.39, 0.29) is 5.91 Å². The molecule has 2 aromatic rings. The van der Waals surface area contributed by atoms with E-state index in [1.807, 2.05) is 52.8 Å². The van der Waals surface area contributed by atoms with E-state index < -0.39 is 18.3 Å². The van der Waals surface area contributed by atoms with Crippen LogP contribution < -0.4 is 10.8 Å². The lowest BCUT2D eigenvalue weighted by molar-refractivity contribution is 0.00578. The summed E-state index contributed by atoms with van der Waals surface area (Å²) in [5, 5.41) is 2.86. The first-order valence-corrected chi connectivity index (χ1v) is 8.22. The summed E-state index contributed by atoms with van der Waals surface area (Å²) in [6.07, 6.45) is 4.34. The van der Waals surface area contributed by atoms with Gasteiger partial charge < -0.3 is 14.6 Å². The van der Waals surface area contributed by atoms with Crippen molar-refractivity contribution in [3.05, 3.63) is 48.0 Å². The quantitative estimate of drug-likeness (QED) is 0.869. The molecule has 1 aromatic carbocycles. The second-order valence-corrected chi connectivity index (χ2v) is 7.24. The lowest BCUT2D eigenvalue weighted by atomic mass is 9.76. The zero-order valence-corrected chi connectivity index (χ0v) is 15.2. The number of amides is 1. The molecule has 1 aliphatic rings.